The largest absolute Gasteiger partial charge is 0.448 e. The van der Waals surface area contributed by atoms with Gasteiger partial charge in [0.05, 0.1) is 5.52 Å². The van der Waals surface area contributed by atoms with Crippen LogP contribution in [0, 0.1) is 0 Å². The van der Waals surface area contributed by atoms with E-state index in [0.29, 0.717) is 13.2 Å². The van der Waals surface area contributed by atoms with E-state index in [1.54, 1.807) is 6.20 Å². The van der Waals surface area contributed by atoms with E-state index in [2.05, 4.69) is 27.1 Å². The molecule has 0 bridgehead atoms. The number of ether oxygens (including phenoxy) is 1. The summed E-state index contributed by atoms with van der Waals surface area (Å²) in [5.74, 6) is 0. The first-order valence-corrected chi connectivity index (χ1v) is 8.36. The molecule has 0 spiro atoms. The average Bonchev–Trinajstić information content (AvgIpc) is 2.61. The van der Waals surface area contributed by atoms with Gasteiger partial charge in [-0.2, -0.15) is 0 Å². The van der Waals surface area contributed by atoms with Crippen LogP contribution >= 0.6 is 0 Å². The number of para-hydroxylation sites is 1. The maximum absolute atomic E-state index is 11.9. The summed E-state index contributed by atoms with van der Waals surface area (Å²) >= 11 is 0. The van der Waals surface area contributed by atoms with Crippen molar-refractivity contribution < 1.29 is 9.53 Å². The molecule has 0 unspecified atom stereocenters. The predicted octanol–water partition coefficient (Wildman–Crippen LogP) is 1.71. The fourth-order valence-electron chi connectivity index (χ4n) is 2.87. The standard InChI is InChI=1S/C18H24N4O2/c1-21-8-10-22(11-9-21)12-13-24-18(23)20-14-15-6-7-19-17-5-3-2-4-16(15)17/h2-7H,8-14H2,1H3,(H,20,23). The van der Waals surface area contributed by atoms with Gasteiger partial charge in [-0.05, 0) is 24.7 Å². The van der Waals surface area contributed by atoms with Crippen LogP contribution < -0.4 is 5.32 Å². The van der Waals surface area contributed by atoms with Gasteiger partial charge in [-0.15, -0.1) is 0 Å². The van der Waals surface area contributed by atoms with Gasteiger partial charge in [0.15, 0.2) is 0 Å². The number of fused-ring (bicyclic) bond motifs is 1. The topological polar surface area (TPSA) is 57.7 Å². The molecule has 1 saturated heterocycles. The van der Waals surface area contributed by atoms with Gasteiger partial charge >= 0.3 is 6.09 Å². The summed E-state index contributed by atoms with van der Waals surface area (Å²) in [7, 11) is 2.13. The summed E-state index contributed by atoms with van der Waals surface area (Å²) in [4.78, 5) is 20.8. The number of carbonyl (C=O) groups excluding carboxylic acids is 1. The number of pyridine rings is 1. The molecule has 6 nitrogen and oxygen atoms in total. The molecule has 1 aliphatic rings. The lowest BCUT2D eigenvalue weighted by atomic mass is 10.1. The quantitative estimate of drug-likeness (QED) is 0.905. The first kappa shape index (κ1) is 16.7. The van der Waals surface area contributed by atoms with Crippen molar-refractivity contribution in [3.05, 3.63) is 42.1 Å². The number of alkyl carbamates (subject to hydrolysis) is 1. The molecule has 1 aromatic carbocycles. The molecule has 1 amide bonds. The smallest absolute Gasteiger partial charge is 0.407 e. The van der Waals surface area contributed by atoms with Crippen LogP contribution in [0.5, 0.6) is 0 Å². The first-order valence-electron chi connectivity index (χ1n) is 8.36. The van der Waals surface area contributed by atoms with E-state index < -0.39 is 0 Å². The molecule has 0 saturated carbocycles. The molecule has 1 N–H and O–H groups in total. The molecule has 1 aliphatic heterocycles. The molecule has 0 atom stereocenters. The fraction of sp³-hybridized carbons (Fsp3) is 0.444. The molecular formula is C18H24N4O2. The number of hydrogen-bond acceptors (Lipinski definition) is 5. The molecule has 2 aromatic rings. The number of carbonyl (C=O) groups is 1. The Morgan fingerprint density at radius 1 is 1.21 bits per heavy atom. The summed E-state index contributed by atoms with van der Waals surface area (Å²) in [5, 5.41) is 3.87. The number of nitrogens with one attached hydrogen (secondary N) is 1. The molecular weight excluding hydrogens is 304 g/mol. The third-order valence-corrected chi connectivity index (χ3v) is 4.40. The average molecular weight is 328 g/mol. The number of nitrogens with zero attached hydrogens (tertiary/aromatic N) is 3. The highest BCUT2D eigenvalue weighted by Gasteiger charge is 2.13. The first-order chi connectivity index (χ1) is 11.7. The van der Waals surface area contributed by atoms with E-state index >= 15 is 0 Å². The van der Waals surface area contributed by atoms with Gasteiger partial charge < -0.3 is 15.0 Å². The van der Waals surface area contributed by atoms with E-state index in [1.807, 2.05) is 30.3 Å². The molecule has 6 heteroatoms. The lowest BCUT2D eigenvalue weighted by Crippen LogP contribution is -2.45. The van der Waals surface area contributed by atoms with Gasteiger partial charge in [0.25, 0.3) is 0 Å². The minimum absolute atomic E-state index is 0.370. The van der Waals surface area contributed by atoms with Crippen molar-refractivity contribution >= 4 is 17.0 Å². The number of hydrogen-bond donors (Lipinski definition) is 1. The summed E-state index contributed by atoms with van der Waals surface area (Å²) in [6.45, 7) is 5.86. The predicted molar refractivity (Wildman–Crippen MR) is 93.9 cm³/mol. The van der Waals surface area contributed by atoms with E-state index in [-0.39, 0.29) is 6.09 Å². The van der Waals surface area contributed by atoms with E-state index in [9.17, 15) is 4.79 Å². The Morgan fingerprint density at radius 2 is 2.00 bits per heavy atom. The van der Waals surface area contributed by atoms with E-state index in [4.69, 9.17) is 4.74 Å². The fourth-order valence-corrected chi connectivity index (χ4v) is 2.87. The lowest BCUT2D eigenvalue weighted by molar-refractivity contribution is 0.104. The van der Waals surface area contributed by atoms with Gasteiger partial charge in [0.2, 0.25) is 0 Å². The van der Waals surface area contributed by atoms with Crippen LogP contribution in [0.4, 0.5) is 4.79 Å². The van der Waals surface area contributed by atoms with Crippen LogP contribution in [0.25, 0.3) is 10.9 Å². The molecule has 1 fully saturated rings. The molecule has 0 aliphatic carbocycles. The van der Waals surface area contributed by atoms with Crippen molar-refractivity contribution in [1.82, 2.24) is 20.1 Å². The van der Waals surface area contributed by atoms with Gasteiger partial charge in [0, 0.05) is 50.9 Å². The summed E-state index contributed by atoms with van der Waals surface area (Å²) < 4.78 is 5.28. The van der Waals surface area contributed by atoms with Crippen molar-refractivity contribution in [3.8, 4) is 0 Å². The van der Waals surface area contributed by atoms with Crippen molar-refractivity contribution in [2.75, 3.05) is 46.4 Å². The van der Waals surface area contributed by atoms with Gasteiger partial charge in [-0.25, -0.2) is 4.79 Å². The zero-order chi connectivity index (χ0) is 16.8. The third kappa shape index (κ3) is 4.43. The van der Waals surface area contributed by atoms with Crippen molar-refractivity contribution in [1.29, 1.82) is 0 Å². The molecule has 3 rings (SSSR count). The number of piperazine rings is 1. The van der Waals surface area contributed by atoms with Crippen LogP contribution in [0.15, 0.2) is 36.5 Å². The normalized spacial score (nSPS) is 16.2. The molecule has 0 radical (unpaired) electrons. The van der Waals surface area contributed by atoms with Gasteiger partial charge in [-0.3, -0.25) is 9.88 Å². The Kier molecular flexibility index (Phi) is 5.61. The Labute approximate surface area is 142 Å². The second kappa shape index (κ2) is 8.08. The van der Waals surface area contributed by atoms with Crippen molar-refractivity contribution in [3.63, 3.8) is 0 Å². The maximum atomic E-state index is 11.9. The van der Waals surface area contributed by atoms with Crippen molar-refractivity contribution in [2.24, 2.45) is 0 Å². The van der Waals surface area contributed by atoms with Crippen molar-refractivity contribution in [2.45, 2.75) is 6.54 Å². The van der Waals surface area contributed by atoms with E-state index in [1.165, 1.54) is 0 Å². The Balaban J connectivity index is 1.42. The second-order valence-electron chi connectivity index (χ2n) is 6.12. The minimum Gasteiger partial charge on any atom is -0.448 e. The van der Waals surface area contributed by atoms with Crippen LogP contribution in [0.1, 0.15) is 5.56 Å². The number of amides is 1. The Bertz CT molecular complexity index is 678. The molecule has 128 valence electrons. The SMILES string of the molecule is CN1CCN(CCOC(=O)NCc2ccnc3ccccc23)CC1. The molecule has 2 heterocycles. The van der Waals surface area contributed by atoms with E-state index in [0.717, 1.165) is 49.2 Å². The second-order valence-corrected chi connectivity index (χ2v) is 6.12. The highest BCUT2D eigenvalue weighted by molar-refractivity contribution is 5.82. The monoisotopic (exact) mass is 328 g/mol. The minimum atomic E-state index is -0.370. The van der Waals surface area contributed by atoms with Crippen LogP contribution in [-0.2, 0) is 11.3 Å². The summed E-state index contributed by atoms with van der Waals surface area (Å²) in [6, 6.07) is 9.83. The summed E-state index contributed by atoms with van der Waals surface area (Å²) in [6.07, 6.45) is 1.39. The third-order valence-electron chi connectivity index (χ3n) is 4.40. The van der Waals surface area contributed by atoms with Crippen LogP contribution in [0.2, 0.25) is 0 Å². The Morgan fingerprint density at radius 3 is 2.83 bits per heavy atom. The highest BCUT2D eigenvalue weighted by atomic mass is 16.5. The van der Waals surface area contributed by atoms with Crippen LogP contribution in [0.3, 0.4) is 0 Å². The number of aromatic nitrogens is 1. The number of likely N-dealkylation sites (N-methyl/N-ethyl adjacent to an activating group) is 1. The highest BCUT2D eigenvalue weighted by Crippen LogP contribution is 2.15. The number of rotatable bonds is 5. The number of benzene rings is 1. The van der Waals surface area contributed by atoms with Gasteiger partial charge in [0.1, 0.15) is 6.61 Å². The maximum Gasteiger partial charge on any atom is 0.407 e. The van der Waals surface area contributed by atoms with Gasteiger partial charge in [-0.1, -0.05) is 18.2 Å². The zero-order valence-corrected chi connectivity index (χ0v) is 14.1. The molecule has 24 heavy (non-hydrogen) atoms. The Hall–Kier alpha value is -2.18. The molecule has 1 aromatic heterocycles. The summed E-state index contributed by atoms with van der Waals surface area (Å²) in [5.41, 5.74) is 1.97. The zero-order valence-electron chi connectivity index (χ0n) is 14.1. The lowest BCUT2D eigenvalue weighted by Gasteiger charge is -2.31. The van der Waals surface area contributed by atoms with Crippen LogP contribution in [-0.4, -0.2) is 67.3 Å².